The fraction of sp³-hybridized carbons (Fsp3) is 0.0833. The molecule has 1 saturated heterocycles. The Labute approximate surface area is 189 Å². The number of amides is 1. The molecule has 1 fully saturated rings. The van der Waals surface area contributed by atoms with E-state index < -0.39 is 0 Å². The van der Waals surface area contributed by atoms with Crippen molar-refractivity contribution < 1.29 is 18.7 Å². The molecule has 156 valence electrons. The van der Waals surface area contributed by atoms with Crippen molar-refractivity contribution in [3.8, 4) is 11.5 Å². The lowest BCUT2D eigenvalue weighted by molar-refractivity contribution is -0.113. The molecule has 1 heterocycles. The van der Waals surface area contributed by atoms with Gasteiger partial charge in [0.15, 0.2) is 4.32 Å². The first-order chi connectivity index (χ1) is 15.0. The van der Waals surface area contributed by atoms with Crippen LogP contribution in [0, 0.1) is 5.82 Å². The standard InChI is InChI=1S/C24H18FNO3S2/c1-28-20-12-10-19(11-13-20)26-23(27)22(31-24(26)30)14-17-4-2-3-5-21(17)29-15-16-6-8-18(25)9-7-16/h2-14H,15H2,1H3/b22-14+. The summed E-state index contributed by atoms with van der Waals surface area (Å²) >= 11 is 6.69. The number of halogens is 1. The van der Waals surface area contributed by atoms with Gasteiger partial charge in [0, 0.05) is 5.56 Å². The molecule has 0 aromatic heterocycles. The normalized spacial score (nSPS) is 14.9. The summed E-state index contributed by atoms with van der Waals surface area (Å²) in [5.74, 6) is 0.857. The third kappa shape index (κ3) is 4.78. The molecular weight excluding hydrogens is 433 g/mol. The Morgan fingerprint density at radius 2 is 1.74 bits per heavy atom. The number of methoxy groups -OCH3 is 1. The molecule has 0 bridgehead atoms. The monoisotopic (exact) mass is 451 g/mol. The third-order valence-electron chi connectivity index (χ3n) is 4.64. The highest BCUT2D eigenvalue weighted by atomic mass is 32.2. The van der Waals surface area contributed by atoms with Crippen LogP contribution in [0.4, 0.5) is 10.1 Å². The Balaban J connectivity index is 1.55. The summed E-state index contributed by atoms with van der Waals surface area (Å²) in [6.07, 6.45) is 1.78. The Morgan fingerprint density at radius 1 is 1.03 bits per heavy atom. The minimum absolute atomic E-state index is 0.187. The van der Waals surface area contributed by atoms with Gasteiger partial charge in [-0.25, -0.2) is 4.39 Å². The average molecular weight is 452 g/mol. The van der Waals surface area contributed by atoms with E-state index in [9.17, 15) is 9.18 Å². The van der Waals surface area contributed by atoms with Gasteiger partial charge in [-0.1, -0.05) is 54.3 Å². The topological polar surface area (TPSA) is 38.8 Å². The first kappa shape index (κ1) is 21.1. The predicted octanol–water partition coefficient (Wildman–Crippen LogP) is 5.82. The second kappa shape index (κ2) is 9.32. The van der Waals surface area contributed by atoms with Crippen LogP contribution in [0.2, 0.25) is 0 Å². The van der Waals surface area contributed by atoms with Gasteiger partial charge in [0.25, 0.3) is 5.91 Å². The lowest BCUT2D eigenvalue weighted by atomic mass is 10.1. The second-order valence-electron chi connectivity index (χ2n) is 6.67. The molecule has 0 unspecified atom stereocenters. The maximum absolute atomic E-state index is 13.1. The predicted molar refractivity (Wildman–Crippen MR) is 126 cm³/mol. The quantitative estimate of drug-likeness (QED) is 0.349. The number of para-hydroxylation sites is 1. The molecule has 0 aliphatic carbocycles. The van der Waals surface area contributed by atoms with E-state index in [0.29, 0.717) is 26.4 Å². The van der Waals surface area contributed by atoms with Crippen LogP contribution >= 0.6 is 24.0 Å². The van der Waals surface area contributed by atoms with Gasteiger partial charge >= 0.3 is 0 Å². The maximum atomic E-state index is 13.1. The molecule has 1 aliphatic heterocycles. The number of ether oxygens (including phenoxy) is 2. The summed E-state index contributed by atoms with van der Waals surface area (Å²) in [6, 6.07) is 20.8. The van der Waals surface area contributed by atoms with Gasteiger partial charge in [-0.3, -0.25) is 9.69 Å². The molecule has 1 aliphatic rings. The molecule has 4 rings (SSSR count). The molecule has 3 aromatic rings. The molecule has 0 spiro atoms. The van der Waals surface area contributed by atoms with Gasteiger partial charge in [0.2, 0.25) is 0 Å². The smallest absolute Gasteiger partial charge is 0.270 e. The van der Waals surface area contributed by atoms with Gasteiger partial charge in [0.05, 0.1) is 17.7 Å². The van der Waals surface area contributed by atoms with E-state index in [4.69, 9.17) is 21.7 Å². The Hall–Kier alpha value is -3.16. The number of nitrogens with zero attached hydrogens (tertiary/aromatic N) is 1. The Kier molecular flexibility index (Phi) is 6.34. The third-order valence-corrected chi connectivity index (χ3v) is 5.94. The Morgan fingerprint density at radius 3 is 2.45 bits per heavy atom. The van der Waals surface area contributed by atoms with Crippen molar-refractivity contribution in [1.82, 2.24) is 0 Å². The second-order valence-corrected chi connectivity index (χ2v) is 8.34. The van der Waals surface area contributed by atoms with Crippen molar-refractivity contribution in [2.24, 2.45) is 0 Å². The highest BCUT2D eigenvalue weighted by Crippen LogP contribution is 2.37. The van der Waals surface area contributed by atoms with Crippen molar-refractivity contribution in [1.29, 1.82) is 0 Å². The minimum Gasteiger partial charge on any atom is -0.497 e. The zero-order valence-electron chi connectivity index (χ0n) is 16.6. The Bertz CT molecular complexity index is 1140. The largest absolute Gasteiger partial charge is 0.497 e. The van der Waals surface area contributed by atoms with Crippen LogP contribution in [0.25, 0.3) is 6.08 Å². The van der Waals surface area contributed by atoms with E-state index in [0.717, 1.165) is 11.1 Å². The molecule has 31 heavy (non-hydrogen) atoms. The van der Waals surface area contributed by atoms with E-state index in [1.165, 1.54) is 28.8 Å². The fourth-order valence-corrected chi connectivity index (χ4v) is 4.33. The van der Waals surface area contributed by atoms with Crippen LogP contribution < -0.4 is 14.4 Å². The number of benzene rings is 3. The van der Waals surface area contributed by atoms with Gasteiger partial charge in [-0.2, -0.15) is 0 Å². The molecular formula is C24H18FNO3S2. The number of thiocarbonyl (C=S) groups is 1. The number of carbonyl (C=O) groups is 1. The lowest BCUT2D eigenvalue weighted by Gasteiger charge is -2.14. The van der Waals surface area contributed by atoms with Gasteiger partial charge in [-0.05, 0) is 54.1 Å². The number of thioether (sulfide) groups is 1. The molecule has 0 N–H and O–H groups in total. The molecule has 1 amide bonds. The summed E-state index contributed by atoms with van der Waals surface area (Å²) in [7, 11) is 1.59. The first-order valence-electron chi connectivity index (χ1n) is 9.43. The highest BCUT2D eigenvalue weighted by Gasteiger charge is 2.33. The van der Waals surface area contributed by atoms with Crippen LogP contribution in [-0.4, -0.2) is 17.3 Å². The number of hydrogen-bond acceptors (Lipinski definition) is 5. The summed E-state index contributed by atoms with van der Waals surface area (Å²) < 4.78 is 24.7. The van der Waals surface area contributed by atoms with Crippen LogP contribution in [0.5, 0.6) is 11.5 Å². The van der Waals surface area contributed by atoms with Crippen molar-refractivity contribution in [2.75, 3.05) is 12.0 Å². The SMILES string of the molecule is COc1ccc(N2C(=O)/C(=C\c3ccccc3OCc3ccc(F)cc3)SC2=S)cc1. The van der Waals surface area contributed by atoms with Crippen LogP contribution in [0.1, 0.15) is 11.1 Å². The average Bonchev–Trinajstić information content (AvgIpc) is 3.07. The summed E-state index contributed by atoms with van der Waals surface area (Å²) in [4.78, 5) is 15.1. The zero-order valence-corrected chi connectivity index (χ0v) is 18.2. The molecule has 0 radical (unpaired) electrons. The van der Waals surface area contributed by atoms with E-state index in [-0.39, 0.29) is 18.3 Å². The van der Waals surface area contributed by atoms with Gasteiger partial charge in [-0.15, -0.1) is 0 Å². The van der Waals surface area contributed by atoms with Crippen molar-refractivity contribution in [3.63, 3.8) is 0 Å². The molecule has 0 atom stereocenters. The molecule has 7 heteroatoms. The maximum Gasteiger partial charge on any atom is 0.270 e. The molecule has 0 saturated carbocycles. The number of rotatable bonds is 6. The number of carbonyl (C=O) groups excluding carboxylic acids is 1. The zero-order chi connectivity index (χ0) is 21.8. The number of hydrogen-bond donors (Lipinski definition) is 0. The van der Waals surface area contributed by atoms with E-state index in [1.54, 1.807) is 49.6 Å². The van der Waals surface area contributed by atoms with E-state index >= 15 is 0 Å². The van der Waals surface area contributed by atoms with E-state index in [2.05, 4.69) is 0 Å². The van der Waals surface area contributed by atoms with Crippen LogP contribution in [0.15, 0.2) is 77.7 Å². The molecule has 3 aromatic carbocycles. The molecule has 4 nitrogen and oxygen atoms in total. The van der Waals surface area contributed by atoms with Crippen LogP contribution in [-0.2, 0) is 11.4 Å². The fourth-order valence-electron chi connectivity index (χ4n) is 3.04. The van der Waals surface area contributed by atoms with Crippen LogP contribution in [0.3, 0.4) is 0 Å². The van der Waals surface area contributed by atoms with Crippen molar-refractivity contribution in [2.45, 2.75) is 6.61 Å². The van der Waals surface area contributed by atoms with Gasteiger partial charge < -0.3 is 9.47 Å². The first-order valence-corrected chi connectivity index (χ1v) is 10.7. The van der Waals surface area contributed by atoms with Crippen molar-refractivity contribution >= 4 is 46.0 Å². The van der Waals surface area contributed by atoms with Crippen molar-refractivity contribution in [3.05, 3.63) is 94.6 Å². The minimum atomic E-state index is -0.289. The summed E-state index contributed by atoms with van der Waals surface area (Å²) in [5, 5.41) is 0. The number of anilines is 1. The lowest BCUT2D eigenvalue weighted by Crippen LogP contribution is -2.27. The van der Waals surface area contributed by atoms with Gasteiger partial charge in [0.1, 0.15) is 23.9 Å². The highest BCUT2D eigenvalue weighted by molar-refractivity contribution is 8.27. The van der Waals surface area contributed by atoms with E-state index in [1.807, 2.05) is 24.3 Å². The summed E-state index contributed by atoms with van der Waals surface area (Å²) in [5.41, 5.74) is 2.30. The summed E-state index contributed by atoms with van der Waals surface area (Å²) in [6.45, 7) is 0.290.